The lowest BCUT2D eigenvalue weighted by molar-refractivity contribution is 0.402. The Bertz CT molecular complexity index is 1490. The first-order valence-corrected chi connectivity index (χ1v) is 11.6. The molecule has 0 atom stereocenters. The van der Waals surface area contributed by atoms with E-state index in [1.54, 1.807) is 48.4 Å². The normalized spacial score (nSPS) is 14.6. The van der Waals surface area contributed by atoms with Gasteiger partial charge < -0.3 is 0 Å². The fourth-order valence-electron chi connectivity index (χ4n) is 3.78. The smallest absolute Gasteiger partial charge is 0.287 e. The van der Waals surface area contributed by atoms with Crippen molar-refractivity contribution in [1.82, 2.24) is 28.6 Å². The summed E-state index contributed by atoms with van der Waals surface area (Å²) in [5.74, 6) is -0.648. The molecule has 0 saturated heterocycles. The Hall–Kier alpha value is -3.31. The third kappa shape index (κ3) is 4.40. The second kappa shape index (κ2) is 8.80. The van der Waals surface area contributed by atoms with Crippen LogP contribution in [0.1, 0.15) is 24.1 Å². The molecular weight excluding hydrogens is 462 g/mol. The molecule has 1 N–H and O–H groups in total. The molecule has 1 aliphatic rings. The van der Waals surface area contributed by atoms with Crippen molar-refractivity contribution in [2.75, 3.05) is 6.67 Å². The minimum atomic E-state index is -0.648. The number of pyridine rings is 1. The summed E-state index contributed by atoms with van der Waals surface area (Å²) in [6.07, 6.45) is 4.86. The van der Waals surface area contributed by atoms with Crippen molar-refractivity contribution in [2.45, 2.75) is 36.4 Å². The summed E-state index contributed by atoms with van der Waals surface area (Å²) in [4.78, 5) is 31.4. The molecule has 34 heavy (non-hydrogen) atoms. The summed E-state index contributed by atoms with van der Waals surface area (Å²) in [5.41, 5.74) is -0.000656. The van der Waals surface area contributed by atoms with Gasteiger partial charge in [0, 0.05) is 23.7 Å². The van der Waals surface area contributed by atoms with Crippen molar-refractivity contribution in [3.8, 4) is 0 Å². The Morgan fingerprint density at radius 2 is 1.97 bits per heavy atom. The predicted molar refractivity (Wildman–Crippen MR) is 125 cm³/mol. The molecule has 5 rings (SSSR count). The van der Waals surface area contributed by atoms with E-state index in [4.69, 9.17) is 0 Å². The monoisotopic (exact) mass is 484 g/mol. The van der Waals surface area contributed by atoms with Gasteiger partial charge in [-0.2, -0.15) is 9.49 Å². The number of hydrogen-bond donors (Lipinski definition) is 1. The number of benzene rings is 1. The lowest BCUT2D eigenvalue weighted by atomic mass is 10.2. The van der Waals surface area contributed by atoms with Crippen LogP contribution in [0.3, 0.4) is 0 Å². The van der Waals surface area contributed by atoms with Crippen LogP contribution < -0.4 is 16.0 Å². The fraction of sp³-hybridized carbons (Fsp3) is 0.304. The number of halogens is 2. The molecule has 1 fully saturated rings. The molecule has 4 aromatic rings. The van der Waals surface area contributed by atoms with Gasteiger partial charge in [0.05, 0.1) is 41.4 Å². The van der Waals surface area contributed by atoms with Gasteiger partial charge in [-0.05, 0) is 55.1 Å². The quantitative estimate of drug-likeness (QED) is 0.306. The van der Waals surface area contributed by atoms with Gasteiger partial charge in [-0.3, -0.25) is 23.3 Å². The minimum Gasteiger partial charge on any atom is -0.287 e. The van der Waals surface area contributed by atoms with Gasteiger partial charge >= 0.3 is 5.69 Å². The molecule has 11 heteroatoms. The average Bonchev–Trinajstić information content (AvgIpc) is 3.51. The third-order valence-electron chi connectivity index (χ3n) is 5.88. The molecule has 0 bridgehead atoms. The van der Waals surface area contributed by atoms with Crippen LogP contribution in [0.25, 0.3) is 10.9 Å². The predicted octanol–water partition coefficient (Wildman–Crippen LogP) is 2.63. The zero-order valence-electron chi connectivity index (χ0n) is 18.4. The van der Waals surface area contributed by atoms with Gasteiger partial charge in [0.25, 0.3) is 5.56 Å². The standard InChI is InChI=1S/C23H22F2N6O2S/c1-29-11-15(10-26-29)12-31-21(32)18-9-17(34-28-23(14-24)7-8-23)5-6-19(18)30(22(31)33)13-16-3-2-4-20(25)27-16/h2-6,9-11,28H,7-8,12-14H2,1H3. The van der Waals surface area contributed by atoms with Crippen molar-refractivity contribution in [3.05, 3.63) is 86.8 Å². The van der Waals surface area contributed by atoms with Crippen LogP contribution in [0.15, 0.2) is 63.3 Å². The van der Waals surface area contributed by atoms with Crippen molar-refractivity contribution < 1.29 is 8.78 Å². The van der Waals surface area contributed by atoms with E-state index in [9.17, 15) is 18.4 Å². The maximum Gasteiger partial charge on any atom is 0.332 e. The van der Waals surface area contributed by atoms with Gasteiger partial charge in [-0.25, -0.2) is 14.2 Å². The van der Waals surface area contributed by atoms with Gasteiger partial charge in [-0.15, -0.1) is 0 Å². The van der Waals surface area contributed by atoms with E-state index in [-0.39, 0.29) is 13.1 Å². The number of nitrogens with one attached hydrogen (secondary N) is 1. The van der Waals surface area contributed by atoms with E-state index < -0.39 is 29.4 Å². The maximum absolute atomic E-state index is 13.7. The highest BCUT2D eigenvalue weighted by molar-refractivity contribution is 7.97. The second-order valence-corrected chi connectivity index (χ2v) is 9.41. The first-order chi connectivity index (χ1) is 16.4. The maximum atomic E-state index is 13.7. The van der Waals surface area contributed by atoms with Crippen LogP contribution in [0.5, 0.6) is 0 Å². The largest absolute Gasteiger partial charge is 0.332 e. The molecular formula is C23H22F2N6O2S. The van der Waals surface area contributed by atoms with E-state index >= 15 is 0 Å². The van der Waals surface area contributed by atoms with Crippen LogP contribution in [0.2, 0.25) is 0 Å². The van der Waals surface area contributed by atoms with Crippen LogP contribution >= 0.6 is 11.9 Å². The van der Waals surface area contributed by atoms with Gasteiger partial charge in [0.1, 0.15) is 6.67 Å². The number of hydrogen-bond acceptors (Lipinski definition) is 6. The molecule has 0 amide bonds. The van der Waals surface area contributed by atoms with Crippen molar-refractivity contribution in [2.24, 2.45) is 7.05 Å². The third-order valence-corrected chi connectivity index (χ3v) is 6.91. The molecule has 3 aromatic heterocycles. The molecule has 0 spiro atoms. The van der Waals surface area contributed by atoms with Gasteiger partial charge in [0.15, 0.2) is 0 Å². The van der Waals surface area contributed by atoms with Gasteiger partial charge in [-0.1, -0.05) is 6.07 Å². The number of nitrogens with zero attached hydrogens (tertiary/aromatic N) is 5. The number of alkyl halides is 1. The topological polar surface area (TPSA) is 86.7 Å². The first kappa shape index (κ1) is 22.5. The van der Waals surface area contributed by atoms with E-state index in [0.717, 1.165) is 22.3 Å². The Balaban J connectivity index is 1.61. The Labute approximate surface area is 197 Å². The summed E-state index contributed by atoms with van der Waals surface area (Å²) in [6, 6.07) is 9.53. The van der Waals surface area contributed by atoms with Crippen LogP contribution in [0.4, 0.5) is 8.78 Å². The minimum absolute atomic E-state index is 0.00385. The van der Waals surface area contributed by atoms with E-state index in [1.807, 2.05) is 0 Å². The Morgan fingerprint density at radius 1 is 1.15 bits per heavy atom. The van der Waals surface area contributed by atoms with E-state index in [2.05, 4.69) is 14.8 Å². The fourth-order valence-corrected chi connectivity index (χ4v) is 4.68. The van der Waals surface area contributed by atoms with Crippen molar-refractivity contribution >= 4 is 22.9 Å². The molecule has 0 radical (unpaired) electrons. The van der Waals surface area contributed by atoms with E-state index in [0.29, 0.717) is 22.2 Å². The van der Waals surface area contributed by atoms with Crippen molar-refractivity contribution in [3.63, 3.8) is 0 Å². The van der Waals surface area contributed by atoms with Crippen LogP contribution in [-0.2, 0) is 20.1 Å². The molecule has 1 saturated carbocycles. The average molecular weight is 485 g/mol. The highest BCUT2D eigenvalue weighted by Crippen LogP contribution is 2.38. The Morgan fingerprint density at radius 3 is 2.65 bits per heavy atom. The lowest BCUT2D eigenvalue weighted by Crippen LogP contribution is -2.40. The zero-order chi connectivity index (χ0) is 23.9. The lowest BCUT2D eigenvalue weighted by Gasteiger charge is -2.15. The highest BCUT2D eigenvalue weighted by Gasteiger charge is 2.42. The summed E-state index contributed by atoms with van der Waals surface area (Å²) in [7, 11) is 1.75. The van der Waals surface area contributed by atoms with Crippen LogP contribution in [0, 0.1) is 5.95 Å². The molecule has 1 aromatic carbocycles. The zero-order valence-corrected chi connectivity index (χ0v) is 19.2. The van der Waals surface area contributed by atoms with Gasteiger partial charge in [0.2, 0.25) is 5.95 Å². The highest BCUT2D eigenvalue weighted by atomic mass is 32.2. The molecule has 8 nitrogen and oxygen atoms in total. The summed E-state index contributed by atoms with van der Waals surface area (Å²) < 4.78 is 34.2. The Kier molecular flexibility index (Phi) is 5.82. The summed E-state index contributed by atoms with van der Waals surface area (Å²) in [5, 5.41) is 4.44. The number of rotatable bonds is 8. The number of fused-ring (bicyclic) bond motifs is 1. The molecule has 1 aliphatic carbocycles. The first-order valence-electron chi connectivity index (χ1n) is 10.7. The molecule has 3 heterocycles. The van der Waals surface area contributed by atoms with Crippen LogP contribution in [-0.4, -0.2) is 36.1 Å². The SMILES string of the molecule is Cn1cc(Cn2c(=O)c3cc(SNC4(CF)CC4)ccc3n(Cc3cccc(F)n3)c2=O)cn1. The molecule has 0 aliphatic heterocycles. The second-order valence-electron chi connectivity index (χ2n) is 8.53. The summed E-state index contributed by atoms with van der Waals surface area (Å²) >= 11 is 1.27. The van der Waals surface area contributed by atoms with Crippen molar-refractivity contribution in [1.29, 1.82) is 0 Å². The summed E-state index contributed by atoms with van der Waals surface area (Å²) in [6.45, 7) is -0.416. The van der Waals surface area contributed by atoms with E-state index in [1.165, 1.54) is 28.6 Å². The molecule has 176 valence electrons. The molecule has 0 unspecified atom stereocenters. The number of aromatic nitrogens is 5. The number of aryl methyl sites for hydroxylation is 1.